The van der Waals surface area contributed by atoms with E-state index in [0.717, 1.165) is 36.9 Å². The highest BCUT2D eigenvalue weighted by molar-refractivity contribution is 5.49. The molecule has 2 aromatic heterocycles. The number of piperidine rings is 1. The summed E-state index contributed by atoms with van der Waals surface area (Å²) in [4.78, 5) is 6.84. The van der Waals surface area contributed by atoms with E-state index in [2.05, 4.69) is 22.0 Å². The van der Waals surface area contributed by atoms with Gasteiger partial charge >= 0.3 is 0 Å². The van der Waals surface area contributed by atoms with Crippen LogP contribution in [0.4, 0.5) is 0 Å². The van der Waals surface area contributed by atoms with E-state index in [1.807, 2.05) is 6.07 Å². The van der Waals surface area contributed by atoms with Crippen LogP contribution in [0.15, 0.2) is 27.5 Å². The first-order valence-electron chi connectivity index (χ1n) is 6.92. The summed E-state index contributed by atoms with van der Waals surface area (Å²) in [5.41, 5.74) is 0.837. The molecule has 1 atom stereocenters. The maximum atomic E-state index is 5.26. The topological polar surface area (TPSA) is 55.3 Å². The summed E-state index contributed by atoms with van der Waals surface area (Å²) in [6, 6.07) is 1.82. The molecule has 0 N–H and O–H groups in total. The highest BCUT2D eigenvalue weighted by atomic mass is 16.5. The van der Waals surface area contributed by atoms with E-state index in [0.29, 0.717) is 5.89 Å². The zero-order valence-electron chi connectivity index (χ0n) is 11.2. The van der Waals surface area contributed by atoms with Crippen molar-refractivity contribution in [3.8, 4) is 11.5 Å². The first kappa shape index (κ1) is 12.4. The minimum atomic E-state index is 0.535. The van der Waals surface area contributed by atoms with Gasteiger partial charge in [-0.3, -0.25) is 4.90 Å². The van der Waals surface area contributed by atoms with E-state index in [-0.39, 0.29) is 0 Å². The Morgan fingerprint density at radius 3 is 3.21 bits per heavy atom. The Labute approximate surface area is 112 Å². The Balaban J connectivity index is 1.64. The molecule has 5 nitrogen and oxygen atoms in total. The molecule has 102 valence electrons. The molecule has 3 rings (SSSR count). The van der Waals surface area contributed by atoms with Crippen LogP contribution in [0.3, 0.4) is 0 Å². The Kier molecular flexibility index (Phi) is 3.64. The Bertz CT molecular complexity index is 507. The highest BCUT2D eigenvalue weighted by Crippen LogP contribution is 2.21. The second-order valence-corrected chi connectivity index (χ2v) is 5.18. The number of rotatable bonds is 4. The van der Waals surface area contributed by atoms with Gasteiger partial charge < -0.3 is 8.94 Å². The van der Waals surface area contributed by atoms with Crippen molar-refractivity contribution in [2.24, 2.45) is 5.92 Å². The fraction of sp³-hybridized carbons (Fsp3) is 0.571. The first-order valence-corrected chi connectivity index (χ1v) is 6.92. The van der Waals surface area contributed by atoms with E-state index in [1.54, 1.807) is 12.5 Å². The van der Waals surface area contributed by atoms with E-state index in [4.69, 9.17) is 8.94 Å². The maximum Gasteiger partial charge on any atom is 0.261 e. The number of hydrogen-bond donors (Lipinski definition) is 0. The fourth-order valence-corrected chi connectivity index (χ4v) is 2.65. The van der Waals surface area contributed by atoms with Gasteiger partial charge in [-0.15, -0.1) is 0 Å². The van der Waals surface area contributed by atoms with Crippen molar-refractivity contribution in [3.05, 3.63) is 24.4 Å². The smallest absolute Gasteiger partial charge is 0.261 e. The van der Waals surface area contributed by atoms with Crippen LogP contribution in [-0.2, 0) is 6.54 Å². The van der Waals surface area contributed by atoms with Gasteiger partial charge in [-0.1, -0.05) is 18.5 Å². The molecule has 0 unspecified atom stereocenters. The van der Waals surface area contributed by atoms with Crippen LogP contribution in [0.25, 0.3) is 11.5 Å². The van der Waals surface area contributed by atoms with Crippen molar-refractivity contribution in [2.75, 3.05) is 13.1 Å². The van der Waals surface area contributed by atoms with Gasteiger partial charge in [0.15, 0.2) is 5.82 Å². The molecule has 0 spiro atoms. The van der Waals surface area contributed by atoms with Crippen molar-refractivity contribution in [3.63, 3.8) is 0 Å². The monoisotopic (exact) mass is 261 g/mol. The molecule has 5 heteroatoms. The van der Waals surface area contributed by atoms with Crippen molar-refractivity contribution in [1.29, 1.82) is 0 Å². The van der Waals surface area contributed by atoms with Gasteiger partial charge in [-0.05, 0) is 31.4 Å². The number of furan rings is 1. The predicted octanol–water partition coefficient (Wildman–Crippen LogP) is 2.95. The normalized spacial score (nSPS) is 20.8. The van der Waals surface area contributed by atoms with E-state index in [1.165, 1.54) is 19.3 Å². The second-order valence-electron chi connectivity index (χ2n) is 5.18. The maximum absolute atomic E-state index is 5.26. The third kappa shape index (κ3) is 2.87. The van der Waals surface area contributed by atoms with Crippen molar-refractivity contribution in [1.82, 2.24) is 15.0 Å². The summed E-state index contributed by atoms with van der Waals surface area (Å²) in [7, 11) is 0. The molecule has 0 radical (unpaired) electrons. The van der Waals surface area contributed by atoms with Gasteiger partial charge in [-0.2, -0.15) is 4.98 Å². The van der Waals surface area contributed by atoms with Crippen molar-refractivity contribution in [2.45, 2.75) is 32.7 Å². The van der Waals surface area contributed by atoms with E-state index >= 15 is 0 Å². The molecule has 1 saturated heterocycles. The lowest BCUT2D eigenvalue weighted by Crippen LogP contribution is -2.34. The molecule has 2 aromatic rings. The fourth-order valence-electron chi connectivity index (χ4n) is 2.65. The summed E-state index contributed by atoms with van der Waals surface area (Å²) in [5.74, 6) is 2.11. The highest BCUT2D eigenvalue weighted by Gasteiger charge is 2.20. The molecule has 0 aliphatic carbocycles. The van der Waals surface area contributed by atoms with Gasteiger partial charge in [0.05, 0.1) is 18.4 Å². The summed E-state index contributed by atoms with van der Waals surface area (Å²) >= 11 is 0. The van der Waals surface area contributed by atoms with Crippen molar-refractivity contribution < 1.29 is 8.94 Å². The van der Waals surface area contributed by atoms with Crippen LogP contribution in [-0.4, -0.2) is 28.1 Å². The number of nitrogens with zero attached hydrogens (tertiary/aromatic N) is 3. The lowest BCUT2D eigenvalue weighted by Gasteiger charge is -2.31. The summed E-state index contributed by atoms with van der Waals surface area (Å²) < 4.78 is 10.3. The zero-order chi connectivity index (χ0) is 13.1. The molecule has 1 aliphatic heterocycles. The van der Waals surface area contributed by atoms with Gasteiger partial charge in [0.25, 0.3) is 5.89 Å². The van der Waals surface area contributed by atoms with Crippen LogP contribution in [0, 0.1) is 5.92 Å². The summed E-state index contributed by atoms with van der Waals surface area (Å²) in [6.07, 6.45) is 7.09. The lowest BCUT2D eigenvalue weighted by atomic mass is 9.96. The molecule has 3 heterocycles. The van der Waals surface area contributed by atoms with Gasteiger partial charge in [-0.25, -0.2) is 0 Å². The molecule has 0 bridgehead atoms. The van der Waals surface area contributed by atoms with E-state index < -0.39 is 0 Å². The lowest BCUT2D eigenvalue weighted by molar-refractivity contribution is 0.160. The third-order valence-electron chi connectivity index (χ3n) is 3.78. The molecule has 0 aromatic carbocycles. The minimum Gasteiger partial charge on any atom is -0.472 e. The van der Waals surface area contributed by atoms with Crippen LogP contribution in [0.2, 0.25) is 0 Å². The molecule has 1 aliphatic rings. The first-order chi connectivity index (χ1) is 9.35. The summed E-state index contributed by atoms with van der Waals surface area (Å²) in [5, 5.41) is 4.05. The summed E-state index contributed by atoms with van der Waals surface area (Å²) in [6.45, 7) is 5.32. The Morgan fingerprint density at radius 1 is 1.47 bits per heavy atom. The average Bonchev–Trinajstić information content (AvgIpc) is 3.09. The molecular weight excluding hydrogens is 242 g/mol. The standard InChI is InChI=1S/C14H19N3O2/c1-2-11-4-3-6-17(8-11)9-13-15-14(19-16-13)12-5-7-18-10-12/h5,7,10-11H,2-4,6,8-9H2,1H3/t11-/m0/s1. The largest absolute Gasteiger partial charge is 0.472 e. The number of aromatic nitrogens is 2. The van der Waals surface area contributed by atoms with E-state index in [9.17, 15) is 0 Å². The Morgan fingerprint density at radius 2 is 2.42 bits per heavy atom. The van der Waals surface area contributed by atoms with Crippen LogP contribution in [0.5, 0.6) is 0 Å². The molecule has 19 heavy (non-hydrogen) atoms. The quantitative estimate of drug-likeness (QED) is 0.847. The average molecular weight is 261 g/mol. The molecule has 0 amide bonds. The van der Waals surface area contributed by atoms with Gasteiger partial charge in [0.2, 0.25) is 0 Å². The minimum absolute atomic E-state index is 0.535. The predicted molar refractivity (Wildman–Crippen MR) is 70.3 cm³/mol. The molecule has 1 fully saturated rings. The number of hydrogen-bond acceptors (Lipinski definition) is 5. The zero-order valence-corrected chi connectivity index (χ0v) is 11.2. The Hall–Kier alpha value is -1.62. The van der Waals surface area contributed by atoms with Gasteiger partial charge in [0.1, 0.15) is 6.26 Å². The number of likely N-dealkylation sites (tertiary alicyclic amines) is 1. The second kappa shape index (κ2) is 5.57. The van der Waals surface area contributed by atoms with Crippen LogP contribution >= 0.6 is 0 Å². The van der Waals surface area contributed by atoms with Gasteiger partial charge in [0, 0.05) is 6.54 Å². The molecular formula is C14H19N3O2. The third-order valence-corrected chi connectivity index (χ3v) is 3.78. The van der Waals surface area contributed by atoms with Crippen molar-refractivity contribution >= 4 is 0 Å². The molecule has 0 saturated carbocycles. The SMILES string of the molecule is CC[C@H]1CCCN(Cc2noc(-c3ccoc3)n2)C1. The van der Waals surface area contributed by atoms with Crippen LogP contribution < -0.4 is 0 Å². The van der Waals surface area contributed by atoms with Crippen LogP contribution in [0.1, 0.15) is 32.0 Å².